The number of H-pyrrole nitrogens is 1. The van der Waals surface area contributed by atoms with E-state index in [2.05, 4.69) is 34.1 Å². The van der Waals surface area contributed by atoms with Crippen LogP contribution in [-0.2, 0) is 13.7 Å². The number of ether oxygens (including phenoxy) is 1. The minimum Gasteiger partial charge on any atom is -0.486 e. The van der Waals surface area contributed by atoms with Gasteiger partial charge in [0, 0.05) is 25.0 Å². The normalized spacial score (nSPS) is 12.3. The van der Waals surface area contributed by atoms with Crippen molar-refractivity contribution in [1.29, 1.82) is 0 Å². The van der Waals surface area contributed by atoms with Crippen LogP contribution in [-0.4, -0.2) is 25.4 Å². The van der Waals surface area contributed by atoms with Crippen molar-refractivity contribution in [3.8, 4) is 5.75 Å². The van der Waals surface area contributed by atoms with Gasteiger partial charge in [0.1, 0.15) is 24.0 Å². The summed E-state index contributed by atoms with van der Waals surface area (Å²) in [5.41, 5.74) is 2.44. The molecule has 0 aliphatic carbocycles. The van der Waals surface area contributed by atoms with E-state index in [1.54, 1.807) is 30.5 Å². The fraction of sp³-hybridized carbons (Fsp3) is 0.292. The molecule has 0 saturated heterocycles. The molecule has 160 valence electrons. The maximum absolute atomic E-state index is 12.9. The van der Waals surface area contributed by atoms with E-state index >= 15 is 0 Å². The number of fused-ring (bicyclic) bond motifs is 1. The first-order valence-electron chi connectivity index (χ1n) is 10.4. The van der Waals surface area contributed by atoms with Crippen molar-refractivity contribution < 1.29 is 9.53 Å². The first kappa shape index (κ1) is 20.7. The molecule has 1 atom stereocenters. The number of rotatable bonds is 8. The Morgan fingerprint density at radius 1 is 1.16 bits per heavy atom. The second-order valence-electron chi connectivity index (χ2n) is 8.06. The Bertz CT molecular complexity index is 1130. The van der Waals surface area contributed by atoms with E-state index < -0.39 is 0 Å². The molecule has 0 saturated carbocycles. The van der Waals surface area contributed by atoms with Gasteiger partial charge < -0.3 is 19.6 Å². The molecule has 0 spiro atoms. The summed E-state index contributed by atoms with van der Waals surface area (Å²) in [5, 5.41) is 3.14. The number of imidazole rings is 2. The number of nitrogens with zero attached hydrogens (tertiary/aromatic N) is 3. The molecular weight excluding hydrogens is 390 g/mol. The van der Waals surface area contributed by atoms with E-state index in [4.69, 9.17) is 4.74 Å². The van der Waals surface area contributed by atoms with Crippen LogP contribution in [0.5, 0.6) is 5.75 Å². The van der Waals surface area contributed by atoms with Crippen molar-refractivity contribution in [2.24, 2.45) is 13.0 Å². The number of hydrogen-bond donors (Lipinski definition) is 2. The van der Waals surface area contributed by atoms with Gasteiger partial charge in [0.25, 0.3) is 5.91 Å². The minimum absolute atomic E-state index is 0.137. The van der Waals surface area contributed by atoms with Gasteiger partial charge in [-0.25, -0.2) is 9.97 Å². The SMILES string of the molecule is CC(C)CC(NC(=O)c1ccc(OCc2nccn2C)cc1)c1nc2ccccc2[nH]1. The van der Waals surface area contributed by atoms with Gasteiger partial charge in [-0.15, -0.1) is 0 Å². The average Bonchev–Trinajstić information content (AvgIpc) is 3.37. The fourth-order valence-electron chi connectivity index (χ4n) is 3.48. The third-order valence-electron chi connectivity index (χ3n) is 5.16. The van der Waals surface area contributed by atoms with Crippen molar-refractivity contribution in [2.75, 3.05) is 0 Å². The Kier molecular flexibility index (Phi) is 6.02. The Balaban J connectivity index is 1.44. The standard InChI is InChI=1S/C24H27N5O2/c1-16(2)14-21(23-26-19-6-4-5-7-20(19)27-23)28-24(30)17-8-10-18(11-9-17)31-15-22-25-12-13-29(22)3/h4-13,16,21H,14-15H2,1-3H3,(H,26,27)(H,28,30). The third-order valence-corrected chi connectivity index (χ3v) is 5.16. The highest BCUT2D eigenvalue weighted by molar-refractivity contribution is 5.94. The zero-order valence-electron chi connectivity index (χ0n) is 18.0. The number of amides is 1. The number of para-hydroxylation sites is 2. The van der Waals surface area contributed by atoms with Gasteiger partial charge in [-0.2, -0.15) is 0 Å². The van der Waals surface area contributed by atoms with E-state index in [1.807, 2.05) is 42.1 Å². The summed E-state index contributed by atoms with van der Waals surface area (Å²) in [6.07, 6.45) is 4.40. The molecule has 31 heavy (non-hydrogen) atoms. The predicted octanol–water partition coefficient (Wildman–Crippen LogP) is 4.39. The Hall–Kier alpha value is -3.61. The molecule has 1 amide bonds. The molecule has 0 aliphatic rings. The number of benzene rings is 2. The van der Waals surface area contributed by atoms with Crippen molar-refractivity contribution >= 4 is 16.9 Å². The lowest BCUT2D eigenvalue weighted by molar-refractivity contribution is 0.0930. The third kappa shape index (κ3) is 4.94. The summed E-state index contributed by atoms with van der Waals surface area (Å²) in [5.74, 6) is 2.57. The van der Waals surface area contributed by atoms with Crippen LogP contribution in [0, 0.1) is 5.92 Å². The first-order valence-corrected chi connectivity index (χ1v) is 10.4. The quantitative estimate of drug-likeness (QED) is 0.445. The molecule has 0 bridgehead atoms. The molecule has 0 radical (unpaired) electrons. The summed E-state index contributed by atoms with van der Waals surface area (Å²) < 4.78 is 7.68. The van der Waals surface area contributed by atoms with Crippen LogP contribution in [0.2, 0.25) is 0 Å². The average molecular weight is 418 g/mol. The Morgan fingerprint density at radius 3 is 2.61 bits per heavy atom. The smallest absolute Gasteiger partial charge is 0.251 e. The molecule has 2 heterocycles. The van der Waals surface area contributed by atoms with Crippen LogP contribution in [0.1, 0.15) is 48.3 Å². The fourth-order valence-corrected chi connectivity index (χ4v) is 3.48. The van der Waals surface area contributed by atoms with E-state index in [1.165, 1.54) is 0 Å². The summed E-state index contributed by atoms with van der Waals surface area (Å²) >= 11 is 0. The number of carbonyl (C=O) groups excluding carboxylic acids is 1. The van der Waals surface area contributed by atoms with Crippen molar-refractivity contribution in [1.82, 2.24) is 24.8 Å². The van der Waals surface area contributed by atoms with Crippen LogP contribution < -0.4 is 10.1 Å². The van der Waals surface area contributed by atoms with Crippen molar-refractivity contribution in [3.05, 3.63) is 78.1 Å². The topological polar surface area (TPSA) is 84.8 Å². The molecule has 2 aromatic heterocycles. The highest BCUT2D eigenvalue weighted by Gasteiger charge is 2.20. The van der Waals surface area contributed by atoms with E-state index in [0.29, 0.717) is 23.8 Å². The van der Waals surface area contributed by atoms with Crippen molar-refractivity contribution in [2.45, 2.75) is 32.9 Å². The number of hydrogen-bond acceptors (Lipinski definition) is 4. The molecule has 0 fully saturated rings. The second kappa shape index (κ2) is 9.04. The maximum Gasteiger partial charge on any atom is 0.251 e. The van der Waals surface area contributed by atoms with Crippen LogP contribution >= 0.6 is 0 Å². The molecule has 7 nitrogen and oxygen atoms in total. The van der Waals surface area contributed by atoms with E-state index in [9.17, 15) is 4.79 Å². The molecule has 4 aromatic rings. The molecule has 2 aromatic carbocycles. The summed E-state index contributed by atoms with van der Waals surface area (Å²) in [6.45, 7) is 4.64. The van der Waals surface area contributed by atoms with E-state index in [0.717, 1.165) is 29.1 Å². The van der Waals surface area contributed by atoms with Gasteiger partial charge in [0.05, 0.1) is 17.1 Å². The van der Waals surface area contributed by atoms with Gasteiger partial charge in [0.2, 0.25) is 0 Å². The molecule has 2 N–H and O–H groups in total. The minimum atomic E-state index is -0.195. The van der Waals surface area contributed by atoms with E-state index in [-0.39, 0.29) is 11.9 Å². The lowest BCUT2D eigenvalue weighted by Crippen LogP contribution is -2.30. The monoisotopic (exact) mass is 417 g/mol. The summed E-state index contributed by atoms with van der Waals surface area (Å²) in [6, 6.07) is 14.8. The molecular formula is C24H27N5O2. The highest BCUT2D eigenvalue weighted by Crippen LogP contribution is 2.23. The summed E-state index contributed by atoms with van der Waals surface area (Å²) in [7, 11) is 1.93. The van der Waals surface area contributed by atoms with Crippen LogP contribution in [0.3, 0.4) is 0 Å². The van der Waals surface area contributed by atoms with Gasteiger partial charge in [-0.05, 0) is 48.7 Å². The lowest BCUT2D eigenvalue weighted by atomic mass is 10.0. The van der Waals surface area contributed by atoms with Crippen molar-refractivity contribution in [3.63, 3.8) is 0 Å². The lowest BCUT2D eigenvalue weighted by Gasteiger charge is -2.19. The van der Waals surface area contributed by atoms with Crippen LogP contribution in [0.15, 0.2) is 60.9 Å². The number of aryl methyl sites for hydroxylation is 1. The molecule has 1 unspecified atom stereocenters. The van der Waals surface area contributed by atoms with Gasteiger partial charge in [-0.3, -0.25) is 4.79 Å². The molecule has 0 aliphatic heterocycles. The number of aromatic amines is 1. The number of aromatic nitrogens is 4. The zero-order chi connectivity index (χ0) is 21.8. The second-order valence-corrected chi connectivity index (χ2v) is 8.06. The largest absolute Gasteiger partial charge is 0.486 e. The molecule has 4 rings (SSSR count). The van der Waals surface area contributed by atoms with Crippen LogP contribution in [0.25, 0.3) is 11.0 Å². The Morgan fingerprint density at radius 2 is 1.94 bits per heavy atom. The van der Waals surface area contributed by atoms with Gasteiger partial charge in [0.15, 0.2) is 0 Å². The first-order chi connectivity index (χ1) is 15.0. The zero-order valence-corrected chi connectivity index (χ0v) is 18.0. The predicted molar refractivity (Wildman–Crippen MR) is 120 cm³/mol. The molecule has 7 heteroatoms. The Labute approximate surface area is 181 Å². The number of carbonyl (C=O) groups is 1. The summed E-state index contributed by atoms with van der Waals surface area (Å²) in [4.78, 5) is 25.2. The maximum atomic E-state index is 12.9. The van der Waals surface area contributed by atoms with Gasteiger partial charge in [-0.1, -0.05) is 26.0 Å². The number of nitrogens with one attached hydrogen (secondary N) is 2. The van der Waals surface area contributed by atoms with Gasteiger partial charge >= 0.3 is 0 Å². The highest BCUT2D eigenvalue weighted by atomic mass is 16.5. The van der Waals surface area contributed by atoms with Crippen LogP contribution in [0.4, 0.5) is 0 Å².